The van der Waals surface area contributed by atoms with Gasteiger partial charge in [-0.1, -0.05) is 12.1 Å². The van der Waals surface area contributed by atoms with E-state index in [1.165, 1.54) is 10.4 Å². The summed E-state index contributed by atoms with van der Waals surface area (Å²) in [5, 5.41) is 2.79. The van der Waals surface area contributed by atoms with Gasteiger partial charge in [0.2, 0.25) is 15.9 Å². The number of rotatable bonds is 7. The number of nitrogens with one attached hydrogen (secondary N) is 1. The summed E-state index contributed by atoms with van der Waals surface area (Å²) in [6.07, 6.45) is 7.18. The Labute approximate surface area is 154 Å². The predicted molar refractivity (Wildman–Crippen MR) is 100 cm³/mol. The molecule has 0 aliphatic carbocycles. The maximum Gasteiger partial charge on any atom is 0.243 e. The summed E-state index contributed by atoms with van der Waals surface area (Å²) in [6.45, 7) is 1.13. The van der Waals surface area contributed by atoms with E-state index >= 15 is 0 Å². The third-order valence-corrected chi connectivity index (χ3v) is 6.31. The molecule has 0 atom stereocenters. The summed E-state index contributed by atoms with van der Waals surface area (Å²) >= 11 is 0. The van der Waals surface area contributed by atoms with Crippen LogP contribution in [0.4, 0.5) is 5.69 Å². The number of amides is 1. The molecule has 1 aromatic carbocycles. The number of anilines is 1. The van der Waals surface area contributed by atoms with Crippen LogP contribution < -0.4 is 5.32 Å². The zero-order valence-corrected chi connectivity index (χ0v) is 15.4. The molecule has 138 valence electrons. The molecule has 3 rings (SSSR count). The van der Waals surface area contributed by atoms with E-state index in [1.54, 1.807) is 30.6 Å². The Morgan fingerprint density at radius 1 is 1.15 bits per heavy atom. The van der Waals surface area contributed by atoms with E-state index in [1.807, 2.05) is 12.1 Å². The van der Waals surface area contributed by atoms with Gasteiger partial charge >= 0.3 is 0 Å². The highest BCUT2D eigenvalue weighted by Crippen LogP contribution is 2.23. The molecule has 0 radical (unpaired) electrons. The highest BCUT2D eigenvalue weighted by Gasteiger charge is 2.27. The van der Waals surface area contributed by atoms with Gasteiger partial charge in [-0.25, -0.2) is 8.42 Å². The van der Waals surface area contributed by atoms with E-state index in [0.717, 1.165) is 24.8 Å². The lowest BCUT2D eigenvalue weighted by molar-refractivity contribution is -0.116. The van der Waals surface area contributed by atoms with E-state index in [-0.39, 0.29) is 10.8 Å². The van der Waals surface area contributed by atoms with Crippen LogP contribution in [0.2, 0.25) is 0 Å². The molecule has 1 saturated heterocycles. The van der Waals surface area contributed by atoms with Gasteiger partial charge in [0.05, 0.1) is 4.90 Å². The molecule has 0 unspecified atom stereocenters. The van der Waals surface area contributed by atoms with Crippen molar-refractivity contribution in [3.63, 3.8) is 0 Å². The van der Waals surface area contributed by atoms with Gasteiger partial charge in [0.15, 0.2) is 0 Å². The molecule has 1 fully saturated rings. The highest BCUT2D eigenvalue weighted by molar-refractivity contribution is 7.89. The van der Waals surface area contributed by atoms with Crippen LogP contribution in [-0.2, 0) is 21.2 Å². The second-order valence-electron chi connectivity index (χ2n) is 6.40. The largest absolute Gasteiger partial charge is 0.326 e. The van der Waals surface area contributed by atoms with Crippen molar-refractivity contribution in [3.05, 3.63) is 54.4 Å². The smallest absolute Gasteiger partial charge is 0.243 e. The Kier molecular flexibility index (Phi) is 6.00. The molecule has 2 heterocycles. The van der Waals surface area contributed by atoms with Gasteiger partial charge < -0.3 is 5.32 Å². The van der Waals surface area contributed by atoms with E-state index < -0.39 is 10.0 Å². The third-order valence-electron chi connectivity index (χ3n) is 4.41. The van der Waals surface area contributed by atoms with E-state index in [0.29, 0.717) is 31.6 Å². The van der Waals surface area contributed by atoms with Crippen LogP contribution in [0, 0.1) is 0 Å². The number of carbonyl (C=O) groups excluding carboxylic acids is 1. The van der Waals surface area contributed by atoms with E-state index in [4.69, 9.17) is 0 Å². The van der Waals surface area contributed by atoms with Crippen molar-refractivity contribution in [3.8, 4) is 0 Å². The molecule has 2 aromatic rings. The minimum atomic E-state index is -3.47. The highest BCUT2D eigenvalue weighted by atomic mass is 32.2. The lowest BCUT2D eigenvalue weighted by Crippen LogP contribution is -2.27. The Balaban J connectivity index is 1.57. The summed E-state index contributed by atoms with van der Waals surface area (Å²) in [5.74, 6) is -0.121. The fraction of sp³-hybridized carbons (Fsp3) is 0.368. The molecule has 0 bridgehead atoms. The summed E-state index contributed by atoms with van der Waals surface area (Å²) in [7, 11) is -3.47. The second-order valence-corrected chi connectivity index (χ2v) is 8.34. The summed E-state index contributed by atoms with van der Waals surface area (Å²) in [5.41, 5.74) is 1.61. The van der Waals surface area contributed by atoms with Gasteiger partial charge in [0.1, 0.15) is 0 Å². The number of hydrogen-bond acceptors (Lipinski definition) is 4. The number of nitrogens with zero attached hydrogens (tertiary/aromatic N) is 2. The van der Waals surface area contributed by atoms with Crippen molar-refractivity contribution in [2.45, 2.75) is 37.0 Å². The summed E-state index contributed by atoms with van der Waals surface area (Å²) in [6, 6.07) is 10.3. The Morgan fingerprint density at radius 2 is 1.96 bits per heavy atom. The quantitative estimate of drug-likeness (QED) is 0.809. The van der Waals surface area contributed by atoms with Gasteiger partial charge in [-0.2, -0.15) is 4.31 Å². The number of benzene rings is 1. The maximum absolute atomic E-state index is 12.6. The van der Waals surface area contributed by atoms with Crippen LogP contribution in [-0.4, -0.2) is 36.7 Å². The molecule has 1 amide bonds. The molecular formula is C19H23N3O3S. The van der Waals surface area contributed by atoms with E-state index in [2.05, 4.69) is 10.3 Å². The zero-order chi connectivity index (χ0) is 18.4. The first kappa shape index (κ1) is 18.5. The average molecular weight is 373 g/mol. The minimum absolute atomic E-state index is 0.121. The van der Waals surface area contributed by atoms with Crippen molar-refractivity contribution < 1.29 is 13.2 Å². The molecule has 1 aliphatic heterocycles. The van der Waals surface area contributed by atoms with Crippen LogP contribution >= 0.6 is 0 Å². The molecule has 6 nitrogen and oxygen atoms in total. The fourth-order valence-electron chi connectivity index (χ4n) is 3.03. The van der Waals surface area contributed by atoms with Crippen LogP contribution in [0.1, 0.15) is 31.2 Å². The monoisotopic (exact) mass is 373 g/mol. The third kappa shape index (κ3) is 4.68. The van der Waals surface area contributed by atoms with Crippen LogP contribution in [0.25, 0.3) is 0 Å². The molecule has 0 spiro atoms. The molecule has 7 heteroatoms. The molecule has 0 saturated carbocycles. The number of sulfonamides is 1. The van der Waals surface area contributed by atoms with Crippen LogP contribution in [0.5, 0.6) is 0 Å². The summed E-state index contributed by atoms with van der Waals surface area (Å²) < 4.78 is 26.7. The molecule has 26 heavy (non-hydrogen) atoms. The standard InChI is InChI=1S/C19H23N3O3S/c23-19(10-3-6-16-7-5-11-20-15-16)21-17-8-4-9-18(14-17)26(24,25)22-12-1-2-13-22/h4-5,7-9,11,14-15H,1-3,6,10,12-13H2,(H,21,23). The normalized spacial score (nSPS) is 15.1. The number of carbonyl (C=O) groups is 1. The Morgan fingerprint density at radius 3 is 2.69 bits per heavy atom. The van der Waals surface area contributed by atoms with Gasteiger partial charge in [-0.15, -0.1) is 0 Å². The molecule has 1 aromatic heterocycles. The van der Waals surface area contributed by atoms with Crippen LogP contribution in [0.3, 0.4) is 0 Å². The first-order valence-corrected chi connectivity index (χ1v) is 10.3. The SMILES string of the molecule is O=C(CCCc1cccnc1)Nc1cccc(S(=O)(=O)N2CCCC2)c1. The first-order chi connectivity index (χ1) is 12.6. The lowest BCUT2D eigenvalue weighted by atomic mass is 10.1. The van der Waals surface area contributed by atoms with Gasteiger partial charge in [0, 0.05) is 37.6 Å². The Hall–Kier alpha value is -2.25. The number of aromatic nitrogens is 1. The van der Waals surface area contributed by atoms with Crippen molar-refractivity contribution in [2.75, 3.05) is 18.4 Å². The molecule has 1 aliphatic rings. The van der Waals surface area contributed by atoms with Crippen molar-refractivity contribution in [2.24, 2.45) is 0 Å². The molecule has 1 N–H and O–H groups in total. The van der Waals surface area contributed by atoms with Gasteiger partial charge in [-0.3, -0.25) is 9.78 Å². The zero-order valence-electron chi connectivity index (χ0n) is 14.6. The predicted octanol–water partition coefficient (Wildman–Crippen LogP) is 2.83. The molecular weight excluding hydrogens is 350 g/mol. The second kappa shape index (κ2) is 8.42. The van der Waals surface area contributed by atoms with Gasteiger partial charge in [-0.05, 0) is 55.5 Å². The van der Waals surface area contributed by atoms with Crippen molar-refractivity contribution in [1.82, 2.24) is 9.29 Å². The maximum atomic E-state index is 12.6. The fourth-order valence-corrected chi connectivity index (χ4v) is 4.60. The van der Waals surface area contributed by atoms with Gasteiger partial charge in [0.25, 0.3) is 0 Å². The average Bonchev–Trinajstić information content (AvgIpc) is 3.18. The van der Waals surface area contributed by atoms with Crippen LogP contribution in [0.15, 0.2) is 53.7 Å². The number of aryl methyl sites for hydroxylation is 1. The lowest BCUT2D eigenvalue weighted by Gasteiger charge is -2.16. The Bertz CT molecular complexity index is 847. The summed E-state index contributed by atoms with van der Waals surface area (Å²) in [4.78, 5) is 16.4. The van der Waals surface area contributed by atoms with Crippen molar-refractivity contribution in [1.29, 1.82) is 0 Å². The van der Waals surface area contributed by atoms with E-state index in [9.17, 15) is 13.2 Å². The topological polar surface area (TPSA) is 79.4 Å². The number of hydrogen-bond donors (Lipinski definition) is 1. The minimum Gasteiger partial charge on any atom is -0.326 e. The van der Waals surface area contributed by atoms with Crippen molar-refractivity contribution >= 4 is 21.6 Å². The number of pyridine rings is 1. The first-order valence-electron chi connectivity index (χ1n) is 8.85.